The van der Waals surface area contributed by atoms with E-state index < -0.39 is 5.97 Å². The minimum absolute atomic E-state index is 0.375. The Morgan fingerprint density at radius 2 is 2.19 bits per heavy atom. The predicted molar refractivity (Wildman–Crippen MR) is 65.8 cm³/mol. The number of carbonyl (C=O) groups excluding carboxylic acids is 1. The number of rotatable bonds is 4. The Morgan fingerprint density at radius 1 is 1.50 bits per heavy atom. The number of esters is 1. The fourth-order valence-electron chi connectivity index (χ4n) is 1.10. The smallest absolute Gasteiger partial charge is 0.341 e. The lowest BCUT2D eigenvalue weighted by Crippen LogP contribution is -2.06. The molecule has 0 aliphatic heterocycles. The van der Waals surface area contributed by atoms with E-state index in [2.05, 4.69) is 27.2 Å². The van der Waals surface area contributed by atoms with Crippen LogP contribution >= 0.6 is 15.9 Å². The van der Waals surface area contributed by atoms with Gasteiger partial charge in [0.2, 0.25) is 0 Å². The van der Waals surface area contributed by atoms with Gasteiger partial charge in [-0.05, 0) is 30.7 Å². The van der Waals surface area contributed by atoms with Crippen LogP contribution in [0.5, 0.6) is 5.75 Å². The van der Waals surface area contributed by atoms with Crippen molar-refractivity contribution in [3.05, 3.63) is 40.4 Å². The van der Waals surface area contributed by atoms with Crippen LogP contribution in [0.3, 0.4) is 0 Å². The lowest BCUT2D eigenvalue weighted by atomic mass is 10.2. The van der Waals surface area contributed by atoms with Gasteiger partial charge in [0.15, 0.2) is 0 Å². The topological polar surface area (TPSA) is 35.5 Å². The van der Waals surface area contributed by atoms with Gasteiger partial charge in [0, 0.05) is 4.47 Å². The third-order valence-corrected chi connectivity index (χ3v) is 2.32. The van der Waals surface area contributed by atoms with Gasteiger partial charge in [-0.2, -0.15) is 0 Å². The van der Waals surface area contributed by atoms with Crippen molar-refractivity contribution < 1.29 is 14.3 Å². The summed E-state index contributed by atoms with van der Waals surface area (Å²) in [5.74, 6) is 0.0773. The second-order valence-corrected chi connectivity index (χ2v) is 4.29. The van der Waals surface area contributed by atoms with Crippen LogP contribution in [0, 0.1) is 0 Å². The second kappa shape index (κ2) is 5.70. The molecule has 0 bridgehead atoms. The molecule has 0 aliphatic carbocycles. The van der Waals surface area contributed by atoms with E-state index in [1.165, 1.54) is 7.11 Å². The van der Waals surface area contributed by atoms with E-state index in [0.717, 1.165) is 10.0 Å². The average Bonchev–Trinajstić information content (AvgIpc) is 2.25. The molecular formula is C12H13BrO3. The van der Waals surface area contributed by atoms with E-state index in [4.69, 9.17) is 4.74 Å². The molecule has 0 radical (unpaired) electrons. The normalized spacial score (nSPS) is 9.69. The molecule has 0 aliphatic rings. The molecule has 4 heteroatoms. The Labute approximate surface area is 103 Å². The molecule has 0 spiro atoms. The number of hydrogen-bond donors (Lipinski definition) is 0. The zero-order valence-electron chi connectivity index (χ0n) is 9.25. The summed E-state index contributed by atoms with van der Waals surface area (Å²) in [7, 11) is 1.34. The summed E-state index contributed by atoms with van der Waals surface area (Å²) in [5.41, 5.74) is 1.29. The van der Waals surface area contributed by atoms with E-state index in [9.17, 15) is 4.79 Å². The van der Waals surface area contributed by atoms with Gasteiger partial charge in [0.05, 0.1) is 7.11 Å². The highest BCUT2D eigenvalue weighted by Gasteiger charge is 2.13. The maximum atomic E-state index is 11.5. The summed E-state index contributed by atoms with van der Waals surface area (Å²) in [6.07, 6.45) is 0. The molecule has 86 valence electrons. The molecule has 0 heterocycles. The molecule has 3 nitrogen and oxygen atoms in total. The van der Waals surface area contributed by atoms with Crippen molar-refractivity contribution in [2.24, 2.45) is 0 Å². The Hall–Kier alpha value is -1.29. The Kier molecular flexibility index (Phi) is 4.55. The molecule has 0 amide bonds. The molecule has 1 aromatic carbocycles. The highest BCUT2D eigenvalue weighted by Crippen LogP contribution is 2.24. The highest BCUT2D eigenvalue weighted by molar-refractivity contribution is 9.10. The lowest BCUT2D eigenvalue weighted by Gasteiger charge is -2.10. The largest absolute Gasteiger partial charge is 0.488 e. The second-order valence-electron chi connectivity index (χ2n) is 3.38. The minimum atomic E-state index is -0.413. The fraction of sp³-hybridized carbons (Fsp3) is 0.250. The summed E-state index contributed by atoms with van der Waals surface area (Å²) in [6.45, 7) is 5.97. The van der Waals surface area contributed by atoms with Crippen molar-refractivity contribution in [3.63, 3.8) is 0 Å². The van der Waals surface area contributed by atoms with E-state index >= 15 is 0 Å². The molecule has 0 fully saturated rings. The standard InChI is InChI=1S/C12H13BrO3/c1-8(2)7-16-11-6-9(13)4-5-10(11)12(14)15-3/h4-6H,1,7H2,2-3H3. The predicted octanol–water partition coefficient (Wildman–Crippen LogP) is 3.19. The van der Waals surface area contributed by atoms with E-state index in [-0.39, 0.29) is 0 Å². The van der Waals surface area contributed by atoms with Crippen LogP contribution in [0.1, 0.15) is 17.3 Å². The Bertz CT molecular complexity index is 413. The van der Waals surface area contributed by atoms with Gasteiger partial charge in [-0.3, -0.25) is 0 Å². The summed E-state index contributed by atoms with van der Waals surface area (Å²) < 4.78 is 11.0. The van der Waals surface area contributed by atoms with Gasteiger partial charge in [-0.15, -0.1) is 0 Å². The first kappa shape index (κ1) is 12.8. The first-order chi connectivity index (χ1) is 7.54. The zero-order chi connectivity index (χ0) is 12.1. The van der Waals surface area contributed by atoms with Gasteiger partial charge in [0.1, 0.15) is 17.9 Å². The zero-order valence-corrected chi connectivity index (χ0v) is 10.8. The molecule has 0 saturated carbocycles. The maximum Gasteiger partial charge on any atom is 0.341 e. The van der Waals surface area contributed by atoms with Crippen LogP contribution < -0.4 is 4.74 Å². The quantitative estimate of drug-likeness (QED) is 0.629. The first-order valence-electron chi connectivity index (χ1n) is 4.69. The fourth-order valence-corrected chi connectivity index (χ4v) is 1.44. The van der Waals surface area contributed by atoms with Crippen molar-refractivity contribution in [2.75, 3.05) is 13.7 Å². The highest BCUT2D eigenvalue weighted by atomic mass is 79.9. The monoisotopic (exact) mass is 284 g/mol. The van der Waals surface area contributed by atoms with Crippen molar-refractivity contribution in [1.29, 1.82) is 0 Å². The number of hydrogen-bond acceptors (Lipinski definition) is 3. The van der Waals surface area contributed by atoms with Crippen LogP contribution in [0.2, 0.25) is 0 Å². The van der Waals surface area contributed by atoms with E-state index in [0.29, 0.717) is 17.9 Å². The third-order valence-electron chi connectivity index (χ3n) is 1.82. The molecule has 16 heavy (non-hydrogen) atoms. The Morgan fingerprint density at radius 3 is 2.75 bits per heavy atom. The van der Waals surface area contributed by atoms with Crippen LogP contribution in [0.25, 0.3) is 0 Å². The van der Waals surface area contributed by atoms with Crippen LogP contribution in [0.4, 0.5) is 0 Å². The maximum absolute atomic E-state index is 11.5. The number of ether oxygens (including phenoxy) is 2. The SMILES string of the molecule is C=C(C)COc1cc(Br)ccc1C(=O)OC. The van der Waals surface area contributed by atoms with Crippen LogP contribution in [-0.2, 0) is 4.74 Å². The number of carbonyl (C=O) groups is 1. The van der Waals surface area contributed by atoms with Crippen LogP contribution in [0.15, 0.2) is 34.8 Å². The van der Waals surface area contributed by atoms with Gasteiger partial charge in [0.25, 0.3) is 0 Å². The number of benzene rings is 1. The molecule has 0 unspecified atom stereocenters. The summed E-state index contributed by atoms with van der Waals surface area (Å²) >= 11 is 3.32. The molecule has 0 N–H and O–H groups in total. The molecule has 1 rings (SSSR count). The molecule has 0 aromatic heterocycles. The number of halogens is 1. The molecule has 0 atom stereocenters. The van der Waals surface area contributed by atoms with Crippen molar-refractivity contribution in [2.45, 2.75) is 6.92 Å². The molecular weight excluding hydrogens is 272 g/mol. The van der Waals surface area contributed by atoms with Crippen LogP contribution in [-0.4, -0.2) is 19.7 Å². The minimum Gasteiger partial charge on any atom is -0.488 e. The lowest BCUT2D eigenvalue weighted by molar-refractivity contribution is 0.0596. The summed E-state index contributed by atoms with van der Waals surface area (Å²) in [6, 6.07) is 5.15. The van der Waals surface area contributed by atoms with Gasteiger partial charge in [-0.1, -0.05) is 22.5 Å². The van der Waals surface area contributed by atoms with E-state index in [1.807, 2.05) is 6.92 Å². The Balaban J connectivity index is 2.98. The van der Waals surface area contributed by atoms with Gasteiger partial charge in [-0.25, -0.2) is 4.79 Å². The number of methoxy groups -OCH3 is 1. The first-order valence-corrected chi connectivity index (χ1v) is 5.49. The van der Waals surface area contributed by atoms with E-state index in [1.54, 1.807) is 18.2 Å². The molecule has 0 saturated heterocycles. The van der Waals surface area contributed by atoms with Crippen molar-refractivity contribution in [1.82, 2.24) is 0 Å². The average molecular weight is 285 g/mol. The summed E-state index contributed by atoms with van der Waals surface area (Å²) in [5, 5.41) is 0. The van der Waals surface area contributed by atoms with Gasteiger partial charge < -0.3 is 9.47 Å². The third kappa shape index (κ3) is 3.38. The molecule has 1 aromatic rings. The van der Waals surface area contributed by atoms with Crippen molar-refractivity contribution >= 4 is 21.9 Å². The van der Waals surface area contributed by atoms with Crippen molar-refractivity contribution in [3.8, 4) is 5.75 Å². The van der Waals surface area contributed by atoms with Gasteiger partial charge >= 0.3 is 5.97 Å². The summed E-state index contributed by atoms with van der Waals surface area (Å²) in [4.78, 5) is 11.5.